The van der Waals surface area contributed by atoms with Crippen molar-refractivity contribution in [2.24, 2.45) is 5.73 Å². The molecule has 1 aromatic carbocycles. The molecule has 0 radical (unpaired) electrons. The molecule has 0 saturated heterocycles. The summed E-state index contributed by atoms with van der Waals surface area (Å²) >= 11 is 8.30. The van der Waals surface area contributed by atoms with Gasteiger partial charge in [-0.25, -0.2) is 4.68 Å². The van der Waals surface area contributed by atoms with Crippen LogP contribution in [0.4, 0.5) is 0 Å². The van der Waals surface area contributed by atoms with Gasteiger partial charge in [0.15, 0.2) is 0 Å². The predicted molar refractivity (Wildman–Crippen MR) is 73.9 cm³/mol. The van der Waals surface area contributed by atoms with Crippen LogP contribution in [0.15, 0.2) is 28.7 Å². The summed E-state index contributed by atoms with van der Waals surface area (Å²) in [7, 11) is 0. The van der Waals surface area contributed by atoms with E-state index in [1.54, 1.807) is 4.68 Å². The number of halogens is 1. The van der Waals surface area contributed by atoms with Gasteiger partial charge in [0, 0.05) is 4.47 Å². The topological polar surface area (TPSA) is 56.7 Å². The van der Waals surface area contributed by atoms with Crippen LogP contribution in [-0.2, 0) is 6.54 Å². The molecule has 2 aromatic rings. The Balaban J connectivity index is 2.24. The lowest BCUT2D eigenvalue weighted by atomic mass is 10.2. The summed E-state index contributed by atoms with van der Waals surface area (Å²) in [5.74, 6) is 0. The maximum atomic E-state index is 5.55. The van der Waals surface area contributed by atoms with E-state index in [4.69, 9.17) is 18.0 Å². The van der Waals surface area contributed by atoms with Gasteiger partial charge >= 0.3 is 0 Å². The van der Waals surface area contributed by atoms with Crippen molar-refractivity contribution in [1.82, 2.24) is 15.0 Å². The van der Waals surface area contributed by atoms with Crippen molar-refractivity contribution in [3.8, 4) is 0 Å². The number of benzene rings is 1. The van der Waals surface area contributed by atoms with Crippen molar-refractivity contribution in [3.63, 3.8) is 0 Å². The fraction of sp³-hybridized carbons (Fsp3) is 0.182. The third-order valence-electron chi connectivity index (χ3n) is 2.46. The van der Waals surface area contributed by atoms with Gasteiger partial charge in [0.25, 0.3) is 0 Å². The molecule has 0 spiro atoms. The minimum atomic E-state index is 0.282. The smallest absolute Gasteiger partial charge is 0.142 e. The van der Waals surface area contributed by atoms with Crippen LogP contribution in [0.5, 0.6) is 0 Å². The van der Waals surface area contributed by atoms with Gasteiger partial charge < -0.3 is 5.73 Å². The molecule has 2 N–H and O–H groups in total. The normalized spacial score (nSPS) is 10.5. The average molecular weight is 311 g/mol. The summed E-state index contributed by atoms with van der Waals surface area (Å²) in [4.78, 5) is 0.282. The van der Waals surface area contributed by atoms with E-state index in [1.807, 2.05) is 31.2 Å². The third kappa shape index (κ3) is 2.70. The Kier molecular flexibility index (Phi) is 3.54. The van der Waals surface area contributed by atoms with E-state index in [0.717, 1.165) is 15.7 Å². The third-order valence-corrected chi connectivity index (χ3v) is 3.18. The van der Waals surface area contributed by atoms with Crippen molar-refractivity contribution >= 4 is 33.1 Å². The van der Waals surface area contributed by atoms with Crippen LogP contribution in [0, 0.1) is 6.92 Å². The van der Waals surface area contributed by atoms with E-state index in [9.17, 15) is 0 Å². The first-order chi connectivity index (χ1) is 8.08. The highest BCUT2D eigenvalue weighted by molar-refractivity contribution is 9.10. The van der Waals surface area contributed by atoms with Gasteiger partial charge in [-0.1, -0.05) is 45.5 Å². The Morgan fingerprint density at radius 2 is 2.06 bits per heavy atom. The van der Waals surface area contributed by atoms with Gasteiger partial charge in [-0.05, 0) is 24.6 Å². The maximum absolute atomic E-state index is 5.55. The molecule has 88 valence electrons. The fourth-order valence-corrected chi connectivity index (χ4v) is 1.95. The molecule has 17 heavy (non-hydrogen) atoms. The highest BCUT2D eigenvalue weighted by atomic mass is 79.9. The lowest BCUT2D eigenvalue weighted by Crippen LogP contribution is -2.12. The average Bonchev–Trinajstić information content (AvgIpc) is 2.64. The summed E-state index contributed by atoms with van der Waals surface area (Å²) in [5.41, 5.74) is 8.18. The van der Waals surface area contributed by atoms with E-state index in [1.165, 1.54) is 0 Å². The van der Waals surface area contributed by atoms with E-state index >= 15 is 0 Å². The van der Waals surface area contributed by atoms with Gasteiger partial charge in [-0.2, -0.15) is 0 Å². The first kappa shape index (κ1) is 12.2. The van der Waals surface area contributed by atoms with Crippen LogP contribution < -0.4 is 5.73 Å². The molecule has 0 aliphatic carbocycles. The molecule has 0 atom stereocenters. The summed E-state index contributed by atoms with van der Waals surface area (Å²) in [6.45, 7) is 2.57. The first-order valence-corrected chi connectivity index (χ1v) is 6.22. The zero-order valence-corrected chi connectivity index (χ0v) is 11.6. The highest BCUT2D eigenvalue weighted by Gasteiger charge is 2.10. The largest absolute Gasteiger partial charge is 0.388 e. The summed E-state index contributed by atoms with van der Waals surface area (Å²) < 4.78 is 2.85. The maximum Gasteiger partial charge on any atom is 0.142 e. The Labute approximate surface area is 113 Å². The molecule has 0 saturated carbocycles. The molecular weight excluding hydrogens is 300 g/mol. The monoisotopic (exact) mass is 310 g/mol. The quantitative estimate of drug-likeness (QED) is 0.881. The second-order valence-electron chi connectivity index (χ2n) is 3.67. The van der Waals surface area contributed by atoms with Crippen LogP contribution in [-0.4, -0.2) is 20.0 Å². The Bertz CT molecular complexity index is 547. The molecule has 6 heteroatoms. The van der Waals surface area contributed by atoms with E-state index in [0.29, 0.717) is 12.2 Å². The van der Waals surface area contributed by atoms with Crippen molar-refractivity contribution in [3.05, 3.63) is 45.7 Å². The lowest BCUT2D eigenvalue weighted by molar-refractivity contribution is 0.633. The molecule has 1 aromatic heterocycles. The van der Waals surface area contributed by atoms with Crippen LogP contribution in [0.25, 0.3) is 0 Å². The lowest BCUT2D eigenvalue weighted by Gasteiger charge is -2.04. The van der Waals surface area contributed by atoms with Crippen LogP contribution in [0.2, 0.25) is 0 Å². The number of aromatic nitrogens is 3. The first-order valence-electron chi connectivity index (χ1n) is 5.02. The van der Waals surface area contributed by atoms with Crippen LogP contribution >= 0.6 is 28.1 Å². The zero-order valence-electron chi connectivity index (χ0n) is 9.22. The summed E-state index contributed by atoms with van der Waals surface area (Å²) in [5, 5.41) is 8.01. The summed E-state index contributed by atoms with van der Waals surface area (Å²) in [6.07, 6.45) is 0. The Hall–Kier alpha value is -1.27. The number of thiocarbonyl (C=S) groups is 1. The predicted octanol–water partition coefficient (Wildman–Crippen LogP) is 2.03. The van der Waals surface area contributed by atoms with Crippen molar-refractivity contribution in [2.75, 3.05) is 0 Å². The van der Waals surface area contributed by atoms with Gasteiger partial charge in [0.2, 0.25) is 0 Å². The summed E-state index contributed by atoms with van der Waals surface area (Å²) in [6, 6.07) is 8.06. The number of rotatable bonds is 3. The SMILES string of the molecule is Cc1c(C(N)=S)nnn1Cc1ccc(Br)cc1. The number of hydrogen-bond acceptors (Lipinski definition) is 3. The standard InChI is InChI=1S/C11H11BrN4S/c1-7-10(11(13)17)14-15-16(7)6-8-2-4-9(12)5-3-8/h2-5H,6H2,1H3,(H2,13,17). The molecule has 4 nitrogen and oxygen atoms in total. The Morgan fingerprint density at radius 1 is 1.41 bits per heavy atom. The number of hydrogen-bond donors (Lipinski definition) is 1. The highest BCUT2D eigenvalue weighted by Crippen LogP contribution is 2.12. The molecule has 0 bridgehead atoms. The molecule has 0 fully saturated rings. The molecule has 0 amide bonds. The van der Waals surface area contributed by atoms with Gasteiger partial charge in [-0.15, -0.1) is 5.10 Å². The van der Waals surface area contributed by atoms with Crippen molar-refractivity contribution in [2.45, 2.75) is 13.5 Å². The van der Waals surface area contributed by atoms with E-state index in [-0.39, 0.29) is 4.99 Å². The molecule has 0 unspecified atom stereocenters. The molecule has 0 aliphatic heterocycles. The van der Waals surface area contributed by atoms with Gasteiger partial charge in [-0.3, -0.25) is 0 Å². The van der Waals surface area contributed by atoms with Crippen molar-refractivity contribution < 1.29 is 0 Å². The Morgan fingerprint density at radius 3 is 2.59 bits per heavy atom. The second-order valence-corrected chi connectivity index (χ2v) is 5.03. The number of nitrogens with zero attached hydrogens (tertiary/aromatic N) is 3. The van der Waals surface area contributed by atoms with Gasteiger partial charge in [0.05, 0.1) is 12.2 Å². The van der Waals surface area contributed by atoms with Crippen LogP contribution in [0.3, 0.4) is 0 Å². The zero-order chi connectivity index (χ0) is 12.4. The molecule has 0 aliphatic rings. The van der Waals surface area contributed by atoms with E-state index < -0.39 is 0 Å². The molecule has 1 heterocycles. The molecular formula is C11H11BrN4S. The second kappa shape index (κ2) is 4.93. The minimum Gasteiger partial charge on any atom is -0.388 e. The molecule has 2 rings (SSSR count). The van der Waals surface area contributed by atoms with Gasteiger partial charge in [0.1, 0.15) is 10.7 Å². The van der Waals surface area contributed by atoms with Crippen LogP contribution in [0.1, 0.15) is 17.0 Å². The van der Waals surface area contributed by atoms with Crippen molar-refractivity contribution in [1.29, 1.82) is 0 Å². The fourth-order valence-electron chi connectivity index (χ4n) is 1.50. The minimum absolute atomic E-state index is 0.282. The van der Waals surface area contributed by atoms with E-state index in [2.05, 4.69) is 26.2 Å². The number of nitrogens with two attached hydrogens (primary N) is 1.